The summed E-state index contributed by atoms with van der Waals surface area (Å²) in [6.45, 7) is 2.71. The molecule has 0 amide bonds. The predicted molar refractivity (Wildman–Crippen MR) is 70.0 cm³/mol. The zero-order valence-corrected chi connectivity index (χ0v) is 10.5. The van der Waals surface area contributed by atoms with Crippen molar-refractivity contribution in [1.82, 2.24) is 0 Å². The largest absolute Gasteiger partial charge is 0.494 e. The average molecular weight is 237 g/mol. The van der Waals surface area contributed by atoms with Gasteiger partial charge in [0, 0.05) is 11.6 Å². The molecule has 1 saturated heterocycles. The van der Waals surface area contributed by atoms with Crippen LogP contribution in [0.2, 0.25) is 0 Å². The van der Waals surface area contributed by atoms with E-state index in [1.165, 1.54) is 17.9 Å². The van der Waals surface area contributed by atoms with E-state index in [4.69, 9.17) is 10.5 Å². The Hall–Kier alpha value is -0.670. The summed E-state index contributed by atoms with van der Waals surface area (Å²) in [6, 6.07) is 8.28. The number of para-hydroxylation sites is 1. The van der Waals surface area contributed by atoms with Crippen molar-refractivity contribution in [3.8, 4) is 5.75 Å². The fourth-order valence-electron chi connectivity index (χ4n) is 2.13. The molecule has 1 fully saturated rings. The summed E-state index contributed by atoms with van der Waals surface area (Å²) in [7, 11) is 0. The van der Waals surface area contributed by atoms with Gasteiger partial charge in [-0.1, -0.05) is 18.2 Å². The summed E-state index contributed by atoms with van der Waals surface area (Å²) in [6.07, 6.45) is 1.23. The topological polar surface area (TPSA) is 35.2 Å². The Labute approximate surface area is 102 Å². The zero-order chi connectivity index (χ0) is 11.4. The van der Waals surface area contributed by atoms with E-state index in [0.717, 1.165) is 11.3 Å². The van der Waals surface area contributed by atoms with Crippen molar-refractivity contribution in [1.29, 1.82) is 0 Å². The molecule has 16 heavy (non-hydrogen) atoms. The summed E-state index contributed by atoms with van der Waals surface area (Å²) < 4.78 is 5.63. The monoisotopic (exact) mass is 237 g/mol. The van der Waals surface area contributed by atoms with Gasteiger partial charge in [0.1, 0.15) is 5.75 Å². The Balaban J connectivity index is 2.17. The minimum atomic E-state index is 0.123. The average Bonchev–Trinajstić information content (AvgIpc) is 2.83. The molecule has 1 aliphatic rings. The van der Waals surface area contributed by atoms with Crippen LogP contribution in [0.5, 0.6) is 5.75 Å². The first kappa shape index (κ1) is 11.8. The third-order valence-electron chi connectivity index (χ3n) is 3.05. The molecule has 2 atom stereocenters. The molecule has 0 aromatic heterocycles. The molecular weight excluding hydrogens is 218 g/mol. The van der Waals surface area contributed by atoms with Crippen LogP contribution in [0, 0.1) is 5.92 Å². The molecule has 1 aromatic carbocycles. The van der Waals surface area contributed by atoms with Crippen molar-refractivity contribution in [2.24, 2.45) is 11.7 Å². The first-order valence-electron chi connectivity index (χ1n) is 5.88. The molecule has 1 heterocycles. The third-order valence-corrected chi connectivity index (χ3v) is 4.24. The molecule has 0 saturated carbocycles. The Morgan fingerprint density at radius 3 is 3.00 bits per heavy atom. The number of benzene rings is 1. The van der Waals surface area contributed by atoms with Crippen LogP contribution in [0.4, 0.5) is 0 Å². The summed E-state index contributed by atoms with van der Waals surface area (Å²) in [5, 5.41) is 0. The van der Waals surface area contributed by atoms with Crippen LogP contribution < -0.4 is 10.5 Å². The van der Waals surface area contributed by atoms with E-state index in [1.807, 2.05) is 36.9 Å². The molecule has 2 rings (SSSR count). The molecular formula is C13H19NOS. The number of hydrogen-bond donors (Lipinski definition) is 1. The second kappa shape index (κ2) is 5.60. The van der Waals surface area contributed by atoms with Crippen molar-refractivity contribution >= 4 is 11.8 Å². The van der Waals surface area contributed by atoms with Gasteiger partial charge in [0.2, 0.25) is 0 Å². The van der Waals surface area contributed by atoms with Gasteiger partial charge in [-0.15, -0.1) is 0 Å². The van der Waals surface area contributed by atoms with Gasteiger partial charge in [0.25, 0.3) is 0 Å². The van der Waals surface area contributed by atoms with Gasteiger partial charge < -0.3 is 10.5 Å². The SMILES string of the molecule is CCOc1ccccc1C(N)C1CCSC1. The second-order valence-electron chi connectivity index (χ2n) is 4.12. The van der Waals surface area contributed by atoms with Crippen molar-refractivity contribution in [2.75, 3.05) is 18.1 Å². The molecule has 2 nitrogen and oxygen atoms in total. The highest BCUT2D eigenvalue weighted by Crippen LogP contribution is 2.36. The molecule has 2 N–H and O–H groups in total. The number of ether oxygens (including phenoxy) is 1. The Morgan fingerprint density at radius 1 is 1.50 bits per heavy atom. The molecule has 0 radical (unpaired) electrons. The van der Waals surface area contributed by atoms with Crippen LogP contribution >= 0.6 is 11.8 Å². The van der Waals surface area contributed by atoms with Crippen LogP contribution in [0.15, 0.2) is 24.3 Å². The smallest absolute Gasteiger partial charge is 0.124 e. The summed E-state index contributed by atoms with van der Waals surface area (Å²) in [4.78, 5) is 0. The van der Waals surface area contributed by atoms with Crippen LogP contribution in [-0.4, -0.2) is 18.1 Å². The van der Waals surface area contributed by atoms with Gasteiger partial charge >= 0.3 is 0 Å². The molecule has 0 aliphatic carbocycles. The lowest BCUT2D eigenvalue weighted by Crippen LogP contribution is -2.21. The van der Waals surface area contributed by atoms with Gasteiger partial charge in [-0.25, -0.2) is 0 Å². The van der Waals surface area contributed by atoms with Crippen LogP contribution in [0.3, 0.4) is 0 Å². The highest BCUT2D eigenvalue weighted by Gasteiger charge is 2.25. The highest BCUT2D eigenvalue weighted by molar-refractivity contribution is 7.99. The molecule has 0 spiro atoms. The van der Waals surface area contributed by atoms with E-state index in [0.29, 0.717) is 12.5 Å². The van der Waals surface area contributed by atoms with E-state index in [1.54, 1.807) is 0 Å². The molecule has 0 bridgehead atoms. The molecule has 1 aromatic rings. The van der Waals surface area contributed by atoms with Crippen LogP contribution in [0.1, 0.15) is 24.9 Å². The lowest BCUT2D eigenvalue weighted by atomic mass is 9.93. The van der Waals surface area contributed by atoms with Gasteiger partial charge in [0.15, 0.2) is 0 Å². The van der Waals surface area contributed by atoms with E-state index in [9.17, 15) is 0 Å². The maximum absolute atomic E-state index is 6.34. The number of hydrogen-bond acceptors (Lipinski definition) is 3. The molecule has 3 heteroatoms. The maximum Gasteiger partial charge on any atom is 0.124 e. The Morgan fingerprint density at radius 2 is 2.31 bits per heavy atom. The Kier molecular flexibility index (Phi) is 4.13. The van der Waals surface area contributed by atoms with Gasteiger partial charge in [-0.2, -0.15) is 11.8 Å². The molecule has 2 unspecified atom stereocenters. The maximum atomic E-state index is 6.34. The number of nitrogens with two attached hydrogens (primary N) is 1. The van der Waals surface area contributed by atoms with Crippen LogP contribution in [-0.2, 0) is 0 Å². The molecule has 1 aliphatic heterocycles. The Bertz CT molecular complexity index is 336. The first-order valence-corrected chi connectivity index (χ1v) is 7.03. The van der Waals surface area contributed by atoms with E-state index in [2.05, 4.69) is 6.07 Å². The standard InChI is InChI=1S/C13H19NOS/c1-2-15-12-6-4-3-5-11(12)13(14)10-7-8-16-9-10/h3-6,10,13H,2,7-9,14H2,1H3. The molecule has 88 valence electrons. The quantitative estimate of drug-likeness (QED) is 0.874. The highest BCUT2D eigenvalue weighted by atomic mass is 32.2. The lowest BCUT2D eigenvalue weighted by molar-refractivity contribution is 0.329. The zero-order valence-electron chi connectivity index (χ0n) is 9.69. The minimum absolute atomic E-state index is 0.123. The third kappa shape index (κ3) is 2.53. The first-order chi connectivity index (χ1) is 7.83. The van der Waals surface area contributed by atoms with Gasteiger partial charge in [-0.3, -0.25) is 0 Å². The fourth-order valence-corrected chi connectivity index (χ4v) is 3.45. The number of rotatable bonds is 4. The van der Waals surface area contributed by atoms with Crippen molar-refractivity contribution < 1.29 is 4.74 Å². The number of thioether (sulfide) groups is 1. The lowest BCUT2D eigenvalue weighted by Gasteiger charge is -2.21. The predicted octanol–water partition coefficient (Wildman–Crippen LogP) is 2.84. The summed E-state index contributed by atoms with van der Waals surface area (Å²) >= 11 is 2.00. The summed E-state index contributed by atoms with van der Waals surface area (Å²) in [5.74, 6) is 3.98. The van der Waals surface area contributed by atoms with Gasteiger partial charge in [0.05, 0.1) is 6.61 Å². The van der Waals surface area contributed by atoms with E-state index in [-0.39, 0.29) is 6.04 Å². The summed E-state index contributed by atoms with van der Waals surface area (Å²) in [5.41, 5.74) is 7.50. The minimum Gasteiger partial charge on any atom is -0.494 e. The van der Waals surface area contributed by atoms with E-state index >= 15 is 0 Å². The van der Waals surface area contributed by atoms with Crippen LogP contribution in [0.25, 0.3) is 0 Å². The van der Waals surface area contributed by atoms with E-state index < -0.39 is 0 Å². The second-order valence-corrected chi connectivity index (χ2v) is 5.27. The van der Waals surface area contributed by atoms with Crippen molar-refractivity contribution in [2.45, 2.75) is 19.4 Å². The van der Waals surface area contributed by atoms with Gasteiger partial charge in [-0.05, 0) is 36.8 Å². The normalized spacial score (nSPS) is 22.0. The fraction of sp³-hybridized carbons (Fsp3) is 0.538. The van der Waals surface area contributed by atoms with Crippen molar-refractivity contribution in [3.63, 3.8) is 0 Å². The van der Waals surface area contributed by atoms with Crippen molar-refractivity contribution in [3.05, 3.63) is 29.8 Å².